The molecular formula is C13H21N3. The van der Waals surface area contributed by atoms with Gasteiger partial charge in [0.1, 0.15) is 0 Å². The highest BCUT2D eigenvalue weighted by Crippen LogP contribution is 2.44. The van der Waals surface area contributed by atoms with Gasteiger partial charge in [-0.25, -0.2) is 0 Å². The van der Waals surface area contributed by atoms with Crippen LogP contribution in [0.5, 0.6) is 0 Å². The molecule has 1 heterocycles. The Balaban J connectivity index is 1.90. The van der Waals surface area contributed by atoms with Crippen molar-refractivity contribution < 1.29 is 0 Å². The molecular weight excluding hydrogens is 198 g/mol. The maximum Gasteiger partial charge on any atom is 0.0537 e. The van der Waals surface area contributed by atoms with E-state index in [-0.39, 0.29) is 0 Å². The number of hydrogen-bond acceptors (Lipinski definition) is 2. The van der Waals surface area contributed by atoms with Crippen molar-refractivity contribution in [2.24, 2.45) is 0 Å². The third-order valence-corrected chi connectivity index (χ3v) is 3.92. The van der Waals surface area contributed by atoms with E-state index in [0.717, 1.165) is 12.5 Å². The van der Waals surface area contributed by atoms with Crippen LogP contribution in [0.1, 0.15) is 61.7 Å². The second kappa shape index (κ2) is 4.21. The lowest BCUT2D eigenvalue weighted by molar-refractivity contribution is 0.449. The molecule has 0 saturated heterocycles. The fraction of sp³-hybridized carbons (Fsp3) is 0.769. The van der Waals surface area contributed by atoms with Crippen molar-refractivity contribution in [3.05, 3.63) is 17.5 Å². The molecule has 0 bridgehead atoms. The van der Waals surface area contributed by atoms with Gasteiger partial charge in [0, 0.05) is 23.7 Å². The lowest BCUT2D eigenvalue weighted by Gasteiger charge is -2.15. The van der Waals surface area contributed by atoms with Gasteiger partial charge in [0.25, 0.3) is 0 Å². The second-order valence-corrected chi connectivity index (χ2v) is 5.24. The first kappa shape index (κ1) is 10.3. The van der Waals surface area contributed by atoms with Crippen molar-refractivity contribution in [3.63, 3.8) is 0 Å². The zero-order valence-electron chi connectivity index (χ0n) is 10.1. The van der Waals surface area contributed by atoms with Crippen molar-refractivity contribution in [1.29, 1.82) is 0 Å². The van der Waals surface area contributed by atoms with Gasteiger partial charge in [0.15, 0.2) is 0 Å². The molecule has 2 aliphatic rings. The minimum absolute atomic E-state index is 0.696. The predicted octanol–water partition coefficient (Wildman–Crippen LogP) is 2.60. The maximum atomic E-state index is 4.65. The Kier molecular flexibility index (Phi) is 2.72. The highest BCUT2D eigenvalue weighted by Gasteiger charge is 2.32. The van der Waals surface area contributed by atoms with E-state index in [1.165, 1.54) is 44.1 Å². The highest BCUT2D eigenvalue weighted by atomic mass is 15.3. The van der Waals surface area contributed by atoms with Crippen LogP contribution >= 0.6 is 0 Å². The van der Waals surface area contributed by atoms with Gasteiger partial charge in [-0.15, -0.1) is 0 Å². The number of aromatic nitrogens is 2. The monoisotopic (exact) mass is 219 g/mol. The van der Waals surface area contributed by atoms with Crippen LogP contribution in [0.3, 0.4) is 0 Å². The van der Waals surface area contributed by atoms with Crippen LogP contribution in [0.2, 0.25) is 0 Å². The van der Waals surface area contributed by atoms with Gasteiger partial charge in [0.05, 0.1) is 12.2 Å². The number of rotatable bonds is 4. The van der Waals surface area contributed by atoms with Crippen LogP contribution in [0.25, 0.3) is 0 Å². The molecule has 2 saturated carbocycles. The van der Waals surface area contributed by atoms with Gasteiger partial charge < -0.3 is 5.32 Å². The normalized spacial score (nSPS) is 21.8. The molecule has 3 nitrogen and oxygen atoms in total. The third kappa shape index (κ3) is 1.77. The molecule has 0 atom stereocenters. The SMILES string of the molecule is CNCc1cnn(C2CCCC2)c1C1CC1. The average molecular weight is 219 g/mol. The molecule has 0 aromatic carbocycles. The van der Waals surface area contributed by atoms with Crippen LogP contribution in [-0.4, -0.2) is 16.8 Å². The van der Waals surface area contributed by atoms with Gasteiger partial charge in [0.2, 0.25) is 0 Å². The van der Waals surface area contributed by atoms with E-state index < -0.39 is 0 Å². The van der Waals surface area contributed by atoms with E-state index in [1.807, 2.05) is 7.05 Å². The molecule has 3 rings (SSSR count). The molecule has 3 heteroatoms. The fourth-order valence-electron chi connectivity index (χ4n) is 2.98. The zero-order valence-corrected chi connectivity index (χ0v) is 10.1. The summed E-state index contributed by atoms with van der Waals surface area (Å²) in [5.74, 6) is 0.812. The fourth-order valence-corrected chi connectivity index (χ4v) is 2.98. The molecule has 0 amide bonds. The summed E-state index contributed by atoms with van der Waals surface area (Å²) in [5, 5.41) is 7.91. The molecule has 0 aliphatic heterocycles. The molecule has 0 radical (unpaired) electrons. The maximum absolute atomic E-state index is 4.65. The van der Waals surface area contributed by atoms with Gasteiger partial charge in [-0.2, -0.15) is 5.10 Å². The van der Waals surface area contributed by atoms with Crippen LogP contribution in [-0.2, 0) is 6.54 Å². The summed E-state index contributed by atoms with van der Waals surface area (Å²) in [6.07, 6.45) is 10.3. The van der Waals surface area contributed by atoms with Crippen molar-refractivity contribution >= 4 is 0 Å². The average Bonchev–Trinajstić information content (AvgIpc) is 2.82. The quantitative estimate of drug-likeness (QED) is 0.843. The summed E-state index contributed by atoms with van der Waals surface area (Å²) in [6.45, 7) is 0.971. The summed E-state index contributed by atoms with van der Waals surface area (Å²) >= 11 is 0. The Bertz CT molecular complexity index is 359. The molecule has 1 aromatic heterocycles. The lowest BCUT2D eigenvalue weighted by atomic mass is 10.1. The van der Waals surface area contributed by atoms with E-state index in [0.29, 0.717) is 6.04 Å². The second-order valence-electron chi connectivity index (χ2n) is 5.24. The first-order valence-electron chi connectivity index (χ1n) is 6.61. The molecule has 0 spiro atoms. The van der Waals surface area contributed by atoms with E-state index in [9.17, 15) is 0 Å². The van der Waals surface area contributed by atoms with E-state index in [4.69, 9.17) is 0 Å². The zero-order chi connectivity index (χ0) is 11.0. The topological polar surface area (TPSA) is 29.9 Å². The molecule has 16 heavy (non-hydrogen) atoms. The first-order valence-corrected chi connectivity index (χ1v) is 6.61. The van der Waals surface area contributed by atoms with E-state index >= 15 is 0 Å². The van der Waals surface area contributed by atoms with Gasteiger partial charge in [-0.1, -0.05) is 12.8 Å². The standard InChI is InChI=1S/C13H21N3/c1-14-8-11-9-15-16(12-4-2-3-5-12)13(11)10-6-7-10/h9-10,12,14H,2-8H2,1H3. The predicted molar refractivity (Wildman–Crippen MR) is 64.5 cm³/mol. The molecule has 2 aliphatic carbocycles. The molecule has 2 fully saturated rings. The Labute approximate surface area is 97.2 Å². The molecule has 1 N–H and O–H groups in total. The van der Waals surface area contributed by atoms with Gasteiger partial charge in [-0.05, 0) is 32.7 Å². The summed E-state index contributed by atoms with van der Waals surface area (Å²) in [7, 11) is 2.02. The largest absolute Gasteiger partial charge is 0.316 e. The number of hydrogen-bond donors (Lipinski definition) is 1. The van der Waals surface area contributed by atoms with Crippen LogP contribution in [0, 0.1) is 0 Å². The van der Waals surface area contributed by atoms with Crippen molar-refractivity contribution in [1.82, 2.24) is 15.1 Å². The number of nitrogens with one attached hydrogen (secondary N) is 1. The van der Waals surface area contributed by atoms with E-state index in [2.05, 4.69) is 21.3 Å². The van der Waals surface area contributed by atoms with Crippen molar-refractivity contribution in [3.8, 4) is 0 Å². The molecule has 1 aromatic rings. The Morgan fingerprint density at radius 2 is 2.06 bits per heavy atom. The number of nitrogens with zero attached hydrogens (tertiary/aromatic N) is 2. The summed E-state index contributed by atoms with van der Waals surface area (Å²) < 4.78 is 2.36. The molecule has 88 valence electrons. The lowest BCUT2D eigenvalue weighted by Crippen LogP contribution is -2.12. The summed E-state index contributed by atoms with van der Waals surface area (Å²) in [4.78, 5) is 0. The van der Waals surface area contributed by atoms with Gasteiger partial charge >= 0.3 is 0 Å². The Morgan fingerprint density at radius 3 is 2.69 bits per heavy atom. The van der Waals surface area contributed by atoms with Crippen molar-refractivity contribution in [2.75, 3.05) is 7.05 Å². The van der Waals surface area contributed by atoms with Crippen LogP contribution in [0.4, 0.5) is 0 Å². The van der Waals surface area contributed by atoms with E-state index in [1.54, 1.807) is 5.69 Å². The summed E-state index contributed by atoms with van der Waals surface area (Å²) in [5.41, 5.74) is 2.97. The highest BCUT2D eigenvalue weighted by molar-refractivity contribution is 5.26. The molecule has 0 unspecified atom stereocenters. The Morgan fingerprint density at radius 1 is 1.31 bits per heavy atom. The Hall–Kier alpha value is -0.830. The minimum Gasteiger partial charge on any atom is -0.316 e. The van der Waals surface area contributed by atoms with Crippen LogP contribution in [0.15, 0.2) is 6.20 Å². The minimum atomic E-state index is 0.696. The van der Waals surface area contributed by atoms with Crippen molar-refractivity contribution in [2.45, 2.75) is 57.0 Å². The van der Waals surface area contributed by atoms with Crippen LogP contribution < -0.4 is 5.32 Å². The first-order chi connectivity index (χ1) is 7.90. The smallest absolute Gasteiger partial charge is 0.0537 e. The summed E-state index contributed by atoms with van der Waals surface area (Å²) in [6, 6.07) is 0.696. The third-order valence-electron chi connectivity index (χ3n) is 3.92. The van der Waals surface area contributed by atoms with Gasteiger partial charge in [-0.3, -0.25) is 4.68 Å².